The third-order valence-electron chi connectivity index (χ3n) is 6.91. The van der Waals surface area contributed by atoms with Crippen LogP contribution in [0.15, 0.2) is 12.2 Å². The van der Waals surface area contributed by atoms with Crippen molar-refractivity contribution >= 4 is 25.2 Å². The van der Waals surface area contributed by atoms with Gasteiger partial charge in [0.1, 0.15) is 0 Å². The van der Waals surface area contributed by atoms with Gasteiger partial charge in [-0.2, -0.15) is 0 Å². The number of unbranched alkanes of at least 4 members (excludes halogenated alkanes) is 1. The molecule has 0 aromatic heterocycles. The Labute approximate surface area is 167 Å². The SMILES string of the molecule is CCSC(=O)[C@H]1[C@@H]2CCC[C@H]2C=C[C@H]1CCCCO[Si](C)(C)C(C)(C)C. The summed E-state index contributed by atoms with van der Waals surface area (Å²) < 4.78 is 6.32. The van der Waals surface area contributed by atoms with Crippen LogP contribution in [0.5, 0.6) is 0 Å². The van der Waals surface area contributed by atoms with Gasteiger partial charge >= 0.3 is 0 Å². The Morgan fingerprint density at radius 3 is 2.58 bits per heavy atom. The zero-order chi connectivity index (χ0) is 19.4. The molecule has 0 N–H and O–H groups in total. The van der Waals surface area contributed by atoms with E-state index >= 15 is 0 Å². The first-order valence-electron chi connectivity index (χ1n) is 10.7. The van der Waals surface area contributed by atoms with Crippen LogP contribution in [-0.4, -0.2) is 25.8 Å². The van der Waals surface area contributed by atoms with Crippen molar-refractivity contribution in [3.8, 4) is 0 Å². The Morgan fingerprint density at radius 1 is 1.19 bits per heavy atom. The van der Waals surface area contributed by atoms with Gasteiger partial charge in [0.2, 0.25) is 0 Å². The maximum absolute atomic E-state index is 12.8. The third kappa shape index (κ3) is 5.48. The molecular weight excluding hydrogens is 356 g/mol. The quantitative estimate of drug-likeness (QED) is 0.260. The molecule has 0 amide bonds. The summed E-state index contributed by atoms with van der Waals surface area (Å²) >= 11 is 1.55. The van der Waals surface area contributed by atoms with Gasteiger partial charge in [0.05, 0.1) is 0 Å². The molecular formula is C22H40O2SSi. The number of hydrogen-bond acceptors (Lipinski definition) is 3. The van der Waals surface area contributed by atoms with Crippen molar-refractivity contribution in [1.82, 2.24) is 0 Å². The van der Waals surface area contributed by atoms with E-state index in [1.54, 1.807) is 11.8 Å². The molecule has 0 radical (unpaired) electrons. The van der Waals surface area contributed by atoms with Gasteiger partial charge < -0.3 is 4.43 Å². The van der Waals surface area contributed by atoms with Crippen LogP contribution >= 0.6 is 11.8 Å². The Morgan fingerprint density at radius 2 is 1.92 bits per heavy atom. The Hall–Kier alpha value is -0.0631. The highest BCUT2D eigenvalue weighted by atomic mass is 32.2. The number of rotatable bonds is 8. The molecule has 1 fully saturated rings. The van der Waals surface area contributed by atoms with Gasteiger partial charge in [-0.3, -0.25) is 4.79 Å². The minimum Gasteiger partial charge on any atom is -0.417 e. The van der Waals surface area contributed by atoms with Crippen molar-refractivity contribution in [1.29, 1.82) is 0 Å². The summed E-state index contributed by atoms with van der Waals surface area (Å²) in [6, 6.07) is 0. The second-order valence-electron chi connectivity index (χ2n) is 9.69. The van der Waals surface area contributed by atoms with E-state index in [-0.39, 0.29) is 11.0 Å². The summed E-state index contributed by atoms with van der Waals surface area (Å²) in [6.45, 7) is 14.5. The summed E-state index contributed by atoms with van der Waals surface area (Å²) in [4.78, 5) is 12.8. The van der Waals surface area contributed by atoms with Crippen molar-refractivity contribution < 1.29 is 9.22 Å². The van der Waals surface area contributed by atoms with E-state index in [1.807, 2.05) is 0 Å². The van der Waals surface area contributed by atoms with Crippen LogP contribution in [0.2, 0.25) is 18.1 Å². The third-order valence-corrected chi connectivity index (χ3v) is 12.3. The molecule has 1 saturated carbocycles. The molecule has 26 heavy (non-hydrogen) atoms. The Balaban J connectivity index is 1.85. The summed E-state index contributed by atoms with van der Waals surface area (Å²) in [6.07, 6.45) is 12.1. The molecule has 0 spiro atoms. The van der Waals surface area contributed by atoms with Gasteiger partial charge in [0.25, 0.3) is 0 Å². The second-order valence-corrected chi connectivity index (χ2v) is 15.8. The second kappa shape index (κ2) is 9.42. The van der Waals surface area contributed by atoms with E-state index in [4.69, 9.17) is 4.43 Å². The number of carbonyl (C=O) groups excluding carboxylic acids is 1. The normalized spacial score (nSPS) is 29.0. The highest BCUT2D eigenvalue weighted by molar-refractivity contribution is 8.13. The molecule has 0 heterocycles. The van der Waals surface area contributed by atoms with Gasteiger partial charge in [-0.15, -0.1) is 0 Å². The van der Waals surface area contributed by atoms with Crippen molar-refractivity contribution in [3.63, 3.8) is 0 Å². The smallest absolute Gasteiger partial charge is 0.192 e. The van der Waals surface area contributed by atoms with Crippen LogP contribution in [-0.2, 0) is 9.22 Å². The standard InChI is InChI=1S/C22H40O2SSi/c1-7-25-21(23)20-18(15-14-17-12-10-13-19(17)20)11-8-9-16-24-26(5,6)22(2,3)4/h14-15,17-20H,7-13,16H2,1-6H3/t17-,18+,19+,20+/m0/s1. The molecule has 0 aromatic carbocycles. The van der Waals surface area contributed by atoms with Crippen molar-refractivity contribution in [3.05, 3.63) is 12.2 Å². The lowest BCUT2D eigenvalue weighted by Crippen LogP contribution is -2.41. The van der Waals surface area contributed by atoms with Crippen LogP contribution < -0.4 is 0 Å². The largest absolute Gasteiger partial charge is 0.417 e. The fourth-order valence-corrected chi connectivity index (χ4v) is 6.23. The van der Waals surface area contributed by atoms with Crippen molar-refractivity contribution in [2.24, 2.45) is 23.7 Å². The number of thioether (sulfide) groups is 1. The first kappa shape index (κ1) is 22.2. The monoisotopic (exact) mass is 396 g/mol. The molecule has 2 aliphatic carbocycles. The highest BCUT2D eigenvalue weighted by Gasteiger charge is 2.42. The molecule has 0 saturated heterocycles. The van der Waals surface area contributed by atoms with Crippen LogP contribution in [0.4, 0.5) is 0 Å². The van der Waals surface area contributed by atoms with Crippen molar-refractivity contribution in [2.75, 3.05) is 12.4 Å². The molecule has 2 rings (SSSR count). The maximum Gasteiger partial charge on any atom is 0.192 e. The number of fused-ring (bicyclic) bond motifs is 1. The average molecular weight is 397 g/mol. The fourth-order valence-electron chi connectivity index (χ4n) is 4.31. The molecule has 0 bridgehead atoms. The van der Waals surface area contributed by atoms with Gasteiger partial charge in [0.15, 0.2) is 13.4 Å². The minimum absolute atomic E-state index is 0.263. The van der Waals surface area contributed by atoms with Gasteiger partial charge in [-0.25, -0.2) is 0 Å². The predicted octanol–water partition coefficient (Wildman–Crippen LogP) is 6.68. The van der Waals surface area contributed by atoms with Crippen molar-refractivity contribution in [2.45, 2.75) is 84.4 Å². The van der Waals surface area contributed by atoms with Crippen LogP contribution in [0.1, 0.15) is 66.2 Å². The molecule has 4 atom stereocenters. The van der Waals surface area contributed by atoms with Crippen LogP contribution in [0, 0.1) is 23.7 Å². The summed E-state index contributed by atoms with van der Waals surface area (Å²) in [5.41, 5.74) is 0. The van der Waals surface area contributed by atoms with Gasteiger partial charge in [0, 0.05) is 12.5 Å². The molecule has 2 nitrogen and oxygen atoms in total. The molecule has 0 unspecified atom stereocenters. The van der Waals surface area contributed by atoms with E-state index in [2.05, 4.69) is 52.9 Å². The summed E-state index contributed by atoms with van der Waals surface area (Å²) in [5, 5.41) is 0.738. The van der Waals surface area contributed by atoms with Gasteiger partial charge in [-0.05, 0) is 67.3 Å². The van der Waals surface area contributed by atoms with E-state index in [9.17, 15) is 4.79 Å². The van der Waals surface area contributed by atoms with Gasteiger partial charge in [-0.1, -0.05) is 64.5 Å². The molecule has 2 aliphatic rings. The maximum atomic E-state index is 12.8. The topological polar surface area (TPSA) is 26.3 Å². The van der Waals surface area contributed by atoms with E-state index in [0.717, 1.165) is 25.2 Å². The number of allylic oxidation sites excluding steroid dienone is 2. The Bertz CT molecular complexity index is 495. The molecule has 0 aromatic rings. The van der Waals surface area contributed by atoms with E-state index < -0.39 is 8.32 Å². The molecule has 0 aliphatic heterocycles. The highest BCUT2D eigenvalue weighted by Crippen LogP contribution is 2.47. The van der Waals surface area contributed by atoms with E-state index in [1.165, 1.54) is 25.7 Å². The average Bonchev–Trinajstić information content (AvgIpc) is 3.01. The predicted molar refractivity (Wildman–Crippen MR) is 117 cm³/mol. The summed E-state index contributed by atoms with van der Waals surface area (Å²) in [5.74, 6) is 2.90. The molecule has 4 heteroatoms. The molecule has 150 valence electrons. The van der Waals surface area contributed by atoms with E-state index in [0.29, 0.717) is 22.9 Å². The first-order valence-corrected chi connectivity index (χ1v) is 14.6. The lowest BCUT2D eigenvalue weighted by Gasteiger charge is -2.36. The zero-order valence-corrected chi connectivity index (χ0v) is 19.7. The van der Waals surface area contributed by atoms with Crippen LogP contribution in [0.3, 0.4) is 0 Å². The number of hydrogen-bond donors (Lipinski definition) is 0. The lowest BCUT2D eigenvalue weighted by molar-refractivity contribution is -0.117. The summed E-state index contributed by atoms with van der Waals surface area (Å²) in [7, 11) is -1.63. The van der Waals surface area contributed by atoms with Crippen LogP contribution in [0.25, 0.3) is 0 Å². The lowest BCUT2D eigenvalue weighted by atomic mass is 9.71. The first-order chi connectivity index (χ1) is 12.2. The zero-order valence-electron chi connectivity index (χ0n) is 17.8. The number of carbonyl (C=O) groups is 1. The fraction of sp³-hybridized carbons (Fsp3) is 0.864. The minimum atomic E-state index is -1.63. The Kier molecular flexibility index (Phi) is 8.06.